The summed E-state index contributed by atoms with van der Waals surface area (Å²) in [6.45, 7) is 5.69. The number of aliphatic imine (C=N–C) groups is 1. The van der Waals surface area contributed by atoms with Gasteiger partial charge in [0.2, 0.25) is 0 Å². The highest BCUT2D eigenvalue weighted by Crippen LogP contribution is 2.36. The van der Waals surface area contributed by atoms with E-state index >= 15 is 0 Å². The summed E-state index contributed by atoms with van der Waals surface area (Å²) in [5, 5.41) is 9.69. The highest BCUT2D eigenvalue weighted by atomic mass is 35.5. The van der Waals surface area contributed by atoms with E-state index in [-0.39, 0.29) is 22.4 Å². The van der Waals surface area contributed by atoms with Crippen molar-refractivity contribution in [3.8, 4) is 0 Å². The van der Waals surface area contributed by atoms with Gasteiger partial charge in [0, 0.05) is 24.2 Å². The first kappa shape index (κ1) is 21.0. The molecule has 1 aliphatic heterocycles. The van der Waals surface area contributed by atoms with Crippen molar-refractivity contribution in [2.75, 3.05) is 11.4 Å². The highest BCUT2D eigenvalue weighted by molar-refractivity contribution is 6.33. The molecule has 0 spiro atoms. The van der Waals surface area contributed by atoms with Gasteiger partial charge in [0.25, 0.3) is 5.91 Å². The van der Waals surface area contributed by atoms with Crippen LogP contribution < -0.4 is 10.6 Å². The topological polar surface area (TPSA) is 91.8 Å². The molecule has 0 bridgehead atoms. The maximum Gasteiger partial charge on any atom is 0.417 e. The molecule has 1 aliphatic rings. The zero-order chi connectivity index (χ0) is 20.6. The summed E-state index contributed by atoms with van der Waals surface area (Å²) in [4.78, 5) is 21.3. The molecule has 1 atom stereocenters. The molecule has 0 aromatic carbocycles. The highest BCUT2D eigenvalue weighted by Gasteiger charge is 2.38. The molecule has 2 heterocycles. The molecule has 3 N–H and O–H groups in total. The standard InChI is InChI=1S/C17H20ClF3N4O2/c1-16(2,3)12(26)7-13(22)24-15(27)11-4-5-25(11)14-10(18)6-9(8-23-14)17(19,20)21/h6-8,11,26H,4-5H2,1-3H3,(H2,22,24,27)/b12-7-/t11-/m0/s1. The molecule has 0 aliphatic carbocycles. The SMILES string of the molecule is CC(C)(C)/C(O)=C/C(N)=NC(=O)[C@@H]1CCN1c1ncc(C(F)(F)F)cc1Cl. The maximum absolute atomic E-state index is 12.7. The van der Waals surface area contributed by atoms with Crippen LogP contribution in [0.15, 0.2) is 29.1 Å². The molecule has 2 rings (SSSR count). The first-order valence-electron chi connectivity index (χ1n) is 8.09. The number of aromatic nitrogens is 1. The van der Waals surface area contributed by atoms with Crippen molar-refractivity contribution in [2.45, 2.75) is 39.4 Å². The average molecular weight is 405 g/mol. The van der Waals surface area contributed by atoms with Crippen LogP contribution in [0.4, 0.5) is 19.0 Å². The van der Waals surface area contributed by atoms with Crippen LogP contribution in [0, 0.1) is 5.41 Å². The Kier molecular flexibility index (Phi) is 5.74. The van der Waals surface area contributed by atoms with E-state index in [1.54, 1.807) is 20.8 Å². The number of nitrogens with zero attached hydrogens (tertiary/aromatic N) is 3. The molecule has 1 fully saturated rings. The summed E-state index contributed by atoms with van der Waals surface area (Å²) in [6.07, 6.45) is -2.25. The van der Waals surface area contributed by atoms with E-state index in [1.165, 1.54) is 11.0 Å². The minimum Gasteiger partial charge on any atom is -0.512 e. The van der Waals surface area contributed by atoms with Crippen molar-refractivity contribution in [1.82, 2.24) is 4.98 Å². The van der Waals surface area contributed by atoms with Gasteiger partial charge in [-0.25, -0.2) is 4.98 Å². The van der Waals surface area contributed by atoms with Gasteiger partial charge < -0.3 is 15.7 Å². The van der Waals surface area contributed by atoms with E-state index in [2.05, 4.69) is 9.98 Å². The van der Waals surface area contributed by atoms with E-state index in [1.807, 2.05) is 0 Å². The second-order valence-corrected chi connectivity index (χ2v) is 7.59. The summed E-state index contributed by atoms with van der Waals surface area (Å²) < 4.78 is 38.1. The third-order valence-corrected chi connectivity index (χ3v) is 4.30. The Balaban J connectivity index is 2.18. The molecule has 0 radical (unpaired) electrons. The minimum absolute atomic E-state index is 0.0329. The van der Waals surface area contributed by atoms with Crippen LogP contribution >= 0.6 is 11.6 Å². The molecular weight excluding hydrogens is 385 g/mol. The Labute approximate surface area is 159 Å². The number of rotatable bonds is 3. The number of hydrogen-bond donors (Lipinski definition) is 2. The lowest BCUT2D eigenvalue weighted by Crippen LogP contribution is -2.53. The molecule has 0 unspecified atom stereocenters. The molecule has 6 nitrogen and oxygen atoms in total. The van der Waals surface area contributed by atoms with Crippen LogP contribution in [0.5, 0.6) is 0 Å². The smallest absolute Gasteiger partial charge is 0.417 e. The molecule has 27 heavy (non-hydrogen) atoms. The first-order chi connectivity index (χ1) is 12.3. The van der Waals surface area contributed by atoms with Gasteiger partial charge in [-0.3, -0.25) is 4.79 Å². The van der Waals surface area contributed by atoms with Gasteiger partial charge in [-0.1, -0.05) is 32.4 Å². The number of pyridine rings is 1. The fraction of sp³-hybridized carbons (Fsp3) is 0.471. The Morgan fingerprint density at radius 3 is 2.52 bits per heavy atom. The van der Waals surface area contributed by atoms with Crippen LogP contribution in [0.3, 0.4) is 0 Å². The van der Waals surface area contributed by atoms with Gasteiger partial charge in [-0.15, -0.1) is 0 Å². The third-order valence-electron chi connectivity index (χ3n) is 4.02. The summed E-state index contributed by atoms with van der Waals surface area (Å²) in [5.41, 5.74) is 4.16. The third kappa shape index (κ3) is 4.91. The second-order valence-electron chi connectivity index (χ2n) is 7.18. The number of carbonyl (C=O) groups excluding carboxylic acids is 1. The van der Waals surface area contributed by atoms with Crippen LogP contribution in [-0.4, -0.2) is 34.4 Å². The van der Waals surface area contributed by atoms with Gasteiger partial charge in [0.1, 0.15) is 23.5 Å². The van der Waals surface area contributed by atoms with E-state index in [0.29, 0.717) is 19.2 Å². The molecule has 1 aromatic rings. The summed E-state index contributed by atoms with van der Waals surface area (Å²) in [5.74, 6) is -0.703. The Hall–Kier alpha value is -2.29. The fourth-order valence-corrected chi connectivity index (χ4v) is 2.56. The lowest BCUT2D eigenvalue weighted by atomic mass is 9.93. The largest absolute Gasteiger partial charge is 0.512 e. The second kappa shape index (κ2) is 7.38. The number of carbonyl (C=O) groups is 1. The van der Waals surface area contributed by atoms with Gasteiger partial charge in [0.05, 0.1) is 10.6 Å². The quantitative estimate of drug-likeness (QED) is 0.455. The Morgan fingerprint density at radius 2 is 2.07 bits per heavy atom. The molecule has 1 saturated heterocycles. The molecule has 0 saturated carbocycles. The fourth-order valence-electron chi connectivity index (χ4n) is 2.29. The minimum atomic E-state index is -4.56. The molecule has 148 valence electrons. The number of anilines is 1. The number of hydrogen-bond acceptors (Lipinski definition) is 4. The molecule has 10 heteroatoms. The Bertz CT molecular complexity index is 800. The van der Waals surface area contributed by atoms with E-state index in [0.717, 1.165) is 6.07 Å². The summed E-state index contributed by atoms with van der Waals surface area (Å²) in [6, 6.07) is 0.0429. The predicted octanol–water partition coefficient (Wildman–Crippen LogP) is 3.70. The summed E-state index contributed by atoms with van der Waals surface area (Å²) in [7, 11) is 0. The number of halogens is 4. The zero-order valence-electron chi connectivity index (χ0n) is 15.0. The molecule has 1 amide bonds. The van der Waals surface area contributed by atoms with Crippen molar-refractivity contribution in [2.24, 2.45) is 16.1 Å². The van der Waals surface area contributed by atoms with E-state index < -0.39 is 29.1 Å². The Morgan fingerprint density at radius 1 is 1.44 bits per heavy atom. The number of amidine groups is 1. The van der Waals surface area contributed by atoms with Gasteiger partial charge in [-0.05, 0) is 12.5 Å². The maximum atomic E-state index is 12.7. The predicted molar refractivity (Wildman–Crippen MR) is 96.8 cm³/mol. The first-order valence-corrected chi connectivity index (χ1v) is 8.47. The average Bonchev–Trinajstić information content (AvgIpc) is 2.45. The monoisotopic (exact) mass is 404 g/mol. The number of aliphatic hydroxyl groups is 1. The number of aliphatic hydroxyl groups excluding tert-OH is 1. The number of allylic oxidation sites excluding steroid dienone is 1. The van der Waals surface area contributed by atoms with Crippen molar-refractivity contribution in [3.05, 3.63) is 34.7 Å². The lowest BCUT2D eigenvalue weighted by molar-refractivity contribution is -0.137. The van der Waals surface area contributed by atoms with Crippen LogP contribution in [-0.2, 0) is 11.0 Å². The van der Waals surface area contributed by atoms with E-state index in [9.17, 15) is 23.1 Å². The van der Waals surface area contributed by atoms with Gasteiger partial charge in [-0.2, -0.15) is 18.2 Å². The number of alkyl halides is 3. The number of amides is 1. The normalized spacial score (nSPS) is 19.1. The van der Waals surface area contributed by atoms with Crippen LogP contribution in [0.25, 0.3) is 0 Å². The van der Waals surface area contributed by atoms with Crippen LogP contribution in [0.1, 0.15) is 32.8 Å². The van der Waals surface area contributed by atoms with Crippen molar-refractivity contribution in [3.63, 3.8) is 0 Å². The molecule has 1 aromatic heterocycles. The van der Waals surface area contributed by atoms with Crippen molar-refractivity contribution in [1.29, 1.82) is 0 Å². The van der Waals surface area contributed by atoms with Gasteiger partial charge in [0.15, 0.2) is 0 Å². The number of nitrogens with two attached hydrogens (primary N) is 1. The summed E-state index contributed by atoms with van der Waals surface area (Å²) >= 11 is 5.92. The lowest BCUT2D eigenvalue weighted by Gasteiger charge is -2.40. The van der Waals surface area contributed by atoms with Crippen molar-refractivity contribution >= 4 is 29.2 Å². The van der Waals surface area contributed by atoms with E-state index in [4.69, 9.17) is 17.3 Å². The van der Waals surface area contributed by atoms with Crippen molar-refractivity contribution < 1.29 is 23.1 Å². The van der Waals surface area contributed by atoms with Gasteiger partial charge >= 0.3 is 6.18 Å². The molecular formula is C17H20ClF3N4O2. The zero-order valence-corrected chi connectivity index (χ0v) is 15.8. The van der Waals surface area contributed by atoms with Crippen LogP contribution in [0.2, 0.25) is 5.02 Å².